The van der Waals surface area contributed by atoms with Crippen molar-refractivity contribution in [2.24, 2.45) is 0 Å². The summed E-state index contributed by atoms with van der Waals surface area (Å²) in [4.78, 5) is 30.8. The molecule has 0 N–H and O–H groups in total. The molecule has 6 rings (SSSR count). The van der Waals surface area contributed by atoms with Crippen LogP contribution < -0.4 is 4.90 Å². The molecule has 8 heteroatoms. The molecule has 0 radical (unpaired) electrons. The Kier molecular flexibility index (Phi) is 7.19. The van der Waals surface area contributed by atoms with Crippen molar-refractivity contribution in [1.29, 1.82) is 0 Å². The summed E-state index contributed by atoms with van der Waals surface area (Å²) in [7, 11) is 0. The van der Waals surface area contributed by atoms with E-state index in [4.69, 9.17) is 5.10 Å². The van der Waals surface area contributed by atoms with Gasteiger partial charge < -0.3 is 4.90 Å². The molecular weight excluding hydrogens is 523 g/mol. The zero-order valence-corrected chi connectivity index (χ0v) is 23.5. The maximum atomic E-state index is 14.0. The SMILES string of the molecule is Cc1ccc(-n2nc(-c3ccccc3)c3c2N(CC(=O)N2CCCC2)C(=O)CSC3c2ccc(F)cc2)c(C)c1. The minimum atomic E-state index is -0.314. The molecule has 2 aliphatic heterocycles. The van der Waals surface area contributed by atoms with Gasteiger partial charge in [-0.05, 0) is 56.0 Å². The predicted molar refractivity (Wildman–Crippen MR) is 157 cm³/mol. The van der Waals surface area contributed by atoms with Gasteiger partial charge in [-0.1, -0.05) is 60.2 Å². The van der Waals surface area contributed by atoms with Gasteiger partial charge in [0.05, 0.1) is 22.4 Å². The molecule has 1 fully saturated rings. The second-order valence-electron chi connectivity index (χ2n) is 10.5. The molecule has 0 aliphatic carbocycles. The predicted octanol–water partition coefficient (Wildman–Crippen LogP) is 6.09. The number of hydrogen-bond donors (Lipinski definition) is 0. The van der Waals surface area contributed by atoms with Gasteiger partial charge in [0.25, 0.3) is 0 Å². The van der Waals surface area contributed by atoms with Crippen molar-refractivity contribution in [3.05, 3.63) is 101 Å². The maximum Gasteiger partial charge on any atom is 0.242 e. The summed E-state index contributed by atoms with van der Waals surface area (Å²) < 4.78 is 15.8. The monoisotopic (exact) mass is 554 g/mol. The Morgan fingerprint density at radius 3 is 2.42 bits per heavy atom. The number of thioether (sulfide) groups is 1. The quantitative estimate of drug-likeness (QED) is 0.300. The van der Waals surface area contributed by atoms with Gasteiger partial charge in [0.2, 0.25) is 11.8 Å². The third kappa shape index (κ3) is 4.92. The lowest BCUT2D eigenvalue weighted by Gasteiger charge is -2.26. The topological polar surface area (TPSA) is 58.4 Å². The van der Waals surface area contributed by atoms with Crippen molar-refractivity contribution in [3.8, 4) is 16.9 Å². The Morgan fingerprint density at radius 2 is 1.73 bits per heavy atom. The first-order valence-electron chi connectivity index (χ1n) is 13.6. The van der Waals surface area contributed by atoms with Crippen LogP contribution in [0.2, 0.25) is 0 Å². The van der Waals surface area contributed by atoms with Crippen LogP contribution >= 0.6 is 11.8 Å². The lowest BCUT2D eigenvalue weighted by atomic mass is 9.99. The molecule has 2 amide bonds. The van der Waals surface area contributed by atoms with Crippen molar-refractivity contribution in [3.63, 3.8) is 0 Å². The molecular formula is C32H31FN4O2S. The first kappa shape index (κ1) is 26.3. The maximum absolute atomic E-state index is 14.0. The van der Waals surface area contributed by atoms with Crippen LogP contribution in [0.25, 0.3) is 16.9 Å². The van der Waals surface area contributed by atoms with E-state index in [-0.39, 0.29) is 35.2 Å². The van der Waals surface area contributed by atoms with Gasteiger partial charge in [-0.25, -0.2) is 9.07 Å². The van der Waals surface area contributed by atoms with Crippen LogP contribution in [-0.4, -0.2) is 51.9 Å². The number of halogens is 1. The zero-order valence-electron chi connectivity index (χ0n) is 22.6. The highest BCUT2D eigenvalue weighted by molar-refractivity contribution is 8.00. The molecule has 3 aromatic carbocycles. The molecule has 204 valence electrons. The van der Waals surface area contributed by atoms with Gasteiger partial charge in [0.15, 0.2) is 0 Å². The molecule has 1 saturated heterocycles. The fourth-order valence-corrected chi connectivity index (χ4v) is 6.84. The number of carbonyl (C=O) groups excluding carboxylic acids is 2. The van der Waals surface area contributed by atoms with Crippen molar-refractivity contribution < 1.29 is 14.0 Å². The van der Waals surface area contributed by atoms with Gasteiger partial charge in [-0.15, -0.1) is 11.8 Å². The highest BCUT2D eigenvalue weighted by Crippen LogP contribution is 2.48. The van der Waals surface area contributed by atoms with E-state index < -0.39 is 0 Å². The van der Waals surface area contributed by atoms with E-state index >= 15 is 0 Å². The fourth-order valence-electron chi connectivity index (χ4n) is 5.64. The second kappa shape index (κ2) is 10.9. The normalized spacial score (nSPS) is 17.2. The van der Waals surface area contributed by atoms with E-state index in [0.717, 1.165) is 52.0 Å². The summed E-state index contributed by atoms with van der Waals surface area (Å²) in [5.41, 5.74) is 6.37. The average molecular weight is 555 g/mol. The molecule has 6 nitrogen and oxygen atoms in total. The average Bonchev–Trinajstić information content (AvgIpc) is 3.60. The first-order valence-corrected chi connectivity index (χ1v) is 14.7. The summed E-state index contributed by atoms with van der Waals surface area (Å²) in [6.45, 7) is 5.45. The molecule has 40 heavy (non-hydrogen) atoms. The second-order valence-corrected chi connectivity index (χ2v) is 11.6. The smallest absolute Gasteiger partial charge is 0.242 e. The molecule has 0 spiro atoms. The van der Waals surface area contributed by atoms with Gasteiger partial charge in [0, 0.05) is 24.2 Å². The van der Waals surface area contributed by atoms with E-state index in [0.29, 0.717) is 18.9 Å². The van der Waals surface area contributed by atoms with Crippen molar-refractivity contribution >= 4 is 29.4 Å². The van der Waals surface area contributed by atoms with Gasteiger partial charge in [-0.3, -0.25) is 14.5 Å². The number of hydrogen-bond acceptors (Lipinski definition) is 4. The molecule has 0 bridgehead atoms. The standard InChI is InChI=1S/C32H31FN4O2S/c1-21-10-15-26(22(2)18-21)37-32-29(30(34-37)23-8-4-3-5-9-23)31(24-11-13-25(33)14-12-24)40-20-28(39)36(32)19-27(38)35-16-6-7-17-35/h3-5,8-15,18,31H,6-7,16-17,19-20H2,1-2H3. The van der Waals surface area contributed by atoms with Gasteiger partial charge in [-0.2, -0.15) is 5.10 Å². The van der Waals surface area contributed by atoms with Crippen LogP contribution in [-0.2, 0) is 9.59 Å². The van der Waals surface area contributed by atoms with Crippen LogP contribution in [0.1, 0.15) is 40.3 Å². The largest absolute Gasteiger partial charge is 0.341 e. The van der Waals surface area contributed by atoms with Crippen LogP contribution in [0, 0.1) is 19.7 Å². The Hall–Kier alpha value is -3.91. The Morgan fingerprint density at radius 1 is 1.00 bits per heavy atom. The van der Waals surface area contributed by atoms with Gasteiger partial charge in [0.1, 0.15) is 18.2 Å². The summed E-state index contributed by atoms with van der Waals surface area (Å²) in [6.07, 6.45) is 1.96. The Balaban J connectivity index is 1.62. The molecule has 1 aromatic heterocycles. The van der Waals surface area contributed by atoms with Gasteiger partial charge >= 0.3 is 0 Å². The third-order valence-corrected chi connectivity index (χ3v) is 8.90. The molecule has 1 unspecified atom stereocenters. The number of likely N-dealkylation sites (tertiary alicyclic amines) is 1. The van der Waals surface area contributed by atoms with E-state index in [2.05, 4.69) is 6.07 Å². The number of fused-ring (bicyclic) bond motifs is 1. The summed E-state index contributed by atoms with van der Waals surface area (Å²) in [6, 6.07) is 22.5. The number of amides is 2. The highest BCUT2D eigenvalue weighted by Gasteiger charge is 2.38. The Bertz CT molecular complexity index is 1560. The molecule has 0 saturated carbocycles. The number of nitrogens with zero attached hydrogens (tertiary/aromatic N) is 4. The zero-order chi connectivity index (χ0) is 27.8. The first-order chi connectivity index (χ1) is 19.4. The number of aromatic nitrogens is 2. The molecule has 3 heterocycles. The van der Waals surface area contributed by atoms with E-state index in [1.165, 1.54) is 23.9 Å². The minimum absolute atomic E-state index is 0.0483. The van der Waals surface area contributed by atoms with Crippen LogP contribution in [0.3, 0.4) is 0 Å². The highest BCUT2D eigenvalue weighted by atomic mass is 32.2. The number of aryl methyl sites for hydroxylation is 2. The summed E-state index contributed by atoms with van der Waals surface area (Å²) >= 11 is 1.49. The summed E-state index contributed by atoms with van der Waals surface area (Å²) in [5.74, 6) is 0.268. The number of benzene rings is 3. The fraction of sp³-hybridized carbons (Fsp3) is 0.281. The molecule has 2 aliphatic rings. The van der Waals surface area contributed by atoms with Crippen molar-refractivity contribution in [2.45, 2.75) is 31.9 Å². The van der Waals surface area contributed by atoms with E-state index in [9.17, 15) is 14.0 Å². The number of anilines is 1. The lowest BCUT2D eigenvalue weighted by Crippen LogP contribution is -2.43. The van der Waals surface area contributed by atoms with Crippen LogP contribution in [0.5, 0.6) is 0 Å². The number of rotatable bonds is 5. The minimum Gasteiger partial charge on any atom is -0.341 e. The van der Waals surface area contributed by atoms with E-state index in [1.54, 1.807) is 17.0 Å². The Labute approximate surface area is 237 Å². The molecule has 1 atom stereocenters. The number of carbonyl (C=O) groups is 2. The van der Waals surface area contributed by atoms with Crippen LogP contribution in [0.15, 0.2) is 72.8 Å². The van der Waals surface area contributed by atoms with E-state index in [1.807, 2.05) is 65.9 Å². The lowest BCUT2D eigenvalue weighted by molar-refractivity contribution is -0.130. The van der Waals surface area contributed by atoms with Crippen molar-refractivity contribution in [2.75, 3.05) is 30.3 Å². The van der Waals surface area contributed by atoms with Crippen molar-refractivity contribution in [1.82, 2.24) is 14.7 Å². The third-order valence-electron chi connectivity index (χ3n) is 7.64. The molecule has 4 aromatic rings. The summed E-state index contributed by atoms with van der Waals surface area (Å²) in [5, 5.41) is 4.87. The van der Waals surface area contributed by atoms with Crippen LogP contribution in [0.4, 0.5) is 10.2 Å².